The molecule has 150 valence electrons. The van der Waals surface area contributed by atoms with Crippen molar-refractivity contribution in [1.29, 1.82) is 0 Å². The molecule has 0 aliphatic rings. The summed E-state index contributed by atoms with van der Waals surface area (Å²) in [4.78, 5) is 24.6. The second kappa shape index (κ2) is 10.2. The van der Waals surface area contributed by atoms with Gasteiger partial charge in [0.1, 0.15) is 5.75 Å². The highest BCUT2D eigenvalue weighted by Gasteiger charge is 2.11. The summed E-state index contributed by atoms with van der Waals surface area (Å²) >= 11 is 0. The lowest BCUT2D eigenvalue weighted by Gasteiger charge is -2.18. The lowest BCUT2D eigenvalue weighted by molar-refractivity contribution is -0.139. The molecule has 0 atom stereocenters. The van der Waals surface area contributed by atoms with E-state index in [2.05, 4.69) is 0 Å². The van der Waals surface area contributed by atoms with Crippen molar-refractivity contribution in [3.63, 3.8) is 0 Å². The van der Waals surface area contributed by atoms with Gasteiger partial charge in [0.2, 0.25) is 5.91 Å². The first-order valence-electron chi connectivity index (χ1n) is 8.81. The average Bonchev–Trinajstić information content (AvgIpc) is 2.71. The summed E-state index contributed by atoms with van der Waals surface area (Å²) in [7, 11) is 4.92. The van der Waals surface area contributed by atoms with Crippen molar-refractivity contribution in [2.45, 2.75) is 19.4 Å². The second-order valence-electron chi connectivity index (χ2n) is 6.27. The van der Waals surface area contributed by atoms with Crippen LogP contribution in [0.1, 0.15) is 17.5 Å². The number of carboxylic acid groups (broad SMARTS) is 1. The highest BCUT2D eigenvalue weighted by Crippen LogP contribution is 2.28. The van der Waals surface area contributed by atoms with Gasteiger partial charge in [-0.2, -0.15) is 0 Å². The maximum atomic E-state index is 12.4. The summed E-state index contributed by atoms with van der Waals surface area (Å²) in [6.45, 7) is 0.0812. The maximum Gasteiger partial charge on any atom is 0.341 e. The molecule has 0 aromatic heterocycles. The van der Waals surface area contributed by atoms with Crippen LogP contribution in [0.4, 0.5) is 0 Å². The minimum atomic E-state index is -1.02. The molecule has 0 aliphatic carbocycles. The van der Waals surface area contributed by atoms with E-state index in [0.717, 1.165) is 11.1 Å². The van der Waals surface area contributed by atoms with Crippen molar-refractivity contribution >= 4 is 11.9 Å². The van der Waals surface area contributed by atoms with Crippen molar-refractivity contribution in [2.24, 2.45) is 0 Å². The summed E-state index contributed by atoms with van der Waals surface area (Å²) < 4.78 is 15.6. The number of amides is 1. The van der Waals surface area contributed by atoms with Gasteiger partial charge in [0.25, 0.3) is 0 Å². The molecule has 0 spiro atoms. The number of nitrogens with zero attached hydrogens (tertiary/aromatic N) is 1. The van der Waals surface area contributed by atoms with E-state index in [1.165, 1.54) is 0 Å². The number of carbonyl (C=O) groups excluding carboxylic acids is 1. The van der Waals surface area contributed by atoms with Crippen molar-refractivity contribution in [2.75, 3.05) is 27.9 Å². The molecule has 0 radical (unpaired) electrons. The minimum Gasteiger partial charge on any atom is -0.493 e. The Morgan fingerprint density at radius 3 is 2.21 bits per heavy atom. The second-order valence-corrected chi connectivity index (χ2v) is 6.27. The largest absolute Gasteiger partial charge is 0.493 e. The van der Waals surface area contributed by atoms with Gasteiger partial charge in [-0.1, -0.05) is 18.2 Å². The Kier molecular flexibility index (Phi) is 7.68. The van der Waals surface area contributed by atoms with Crippen LogP contribution in [0.25, 0.3) is 0 Å². The smallest absolute Gasteiger partial charge is 0.341 e. The van der Waals surface area contributed by atoms with Crippen LogP contribution in [0.15, 0.2) is 42.5 Å². The van der Waals surface area contributed by atoms with Crippen molar-refractivity contribution in [3.8, 4) is 17.2 Å². The Bertz CT molecular complexity index is 803. The van der Waals surface area contributed by atoms with E-state index in [1.807, 2.05) is 30.3 Å². The van der Waals surface area contributed by atoms with Gasteiger partial charge in [0.15, 0.2) is 18.1 Å². The summed E-state index contributed by atoms with van der Waals surface area (Å²) in [5.74, 6) is 0.787. The predicted molar refractivity (Wildman–Crippen MR) is 104 cm³/mol. The lowest BCUT2D eigenvalue weighted by atomic mass is 10.1. The molecule has 2 aromatic carbocycles. The number of hydrogen-bond acceptors (Lipinski definition) is 5. The van der Waals surface area contributed by atoms with Crippen LogP contribution < -0.4 is 14.2 Å². The molecule has 0 fully saturated rings. The Balaban J connectivity index is 1.86. The zero-order valence-corrected chi connectivity index (χ0v) is 16.3. The number of methoxy groups -OCH3 is 2. The van der Waals surface area contributed by atoms with E-state index in [4.69, 9.17) is 19.3 Å². The molecule has 0 bridgehead atoms. The molecule has 7 heteroatoms. The topological polar surface area (TPSA) is 85.3 Å². The molecular weight excluding hydrogens is 362 g/mol. The van der Waals surface area contributed by atoms with Crippen LogP contribution in [0.5, 0.6) is 17.2 Å². The fraction of sp³-hybridized carbons (Fsp3) is 0.333. The third-order valence-corrected chi connectivity index (χ3v) is 4.21. The third kappa shape index (κ3) is 6.19. The van der Waals surface area contributed by atoms with Gasteiger partial charge in [-0.15, -0.1) is 0 Å². The molecule has 2 rings (SSSR count). The number of aryl methyl sites for hydroxylation is 1. The first-order chi connectivity index (χ1) is 13.4. The standard InChI is InChI=1S/C21H25NO6/c1-22(13-16-4-8-17(9-5-16)28-14-21(24)25)20(23)11-7-15-6-10-18(26-2)19(12-15)27-3/h4-6,8-10,12H,7,11,13-14H2,1-3H3,(H,24,25). The number of hydrogen-bond donors (Lipinski definition) is 1. The van der Waals surface area contributed by atoms with Crippen LogP contribution in [0.3, 0.4) is 0 Å². The van der Waals surface area contributed by atoms with E-state index in [0.29, 0.717) is 36.6 Å². The quantitative estimate of drug-likeness (QED) is 0.675. The molecule has 1 amide bonds. The molecule has 0 saturated heterocycles. The van der Waals surface area contributed by atoms with Crippen LogP contribution in [-0.2, 0) is 22.6 Å². The van der Waals surface area contributed by atoms with Crippen LogP contribution in [0, 0.1) is 0 Å². The van der Waals surface area contributed by atoms with E-state index >= 15 is 0 Å². The Hall–Kier alpha value is -3.22. The summed E-state index contributed by atoms with van der Waals surface area (Å²) in [5, 5.41) is 8.62. The average molecular weight is 387 g/mol. The maximum absolute atomic E-state index is 12.4. The van der Waals surface area contributed by atoms with Crippen molar-refractivity contribution in [1.82, 2.24) is 4.90 Å². The van der Waals surface area contributed by atoms with Gasteiger partial charge in [-0.05, 0) is 41.8 Å². The number of aliphatic carboxylic acids is 1. The summed E-state index contributed by atoms with van der Waals surface area (Å²) in [5.41, 5.74) is 1.93. The Morgan fingerprint density at radius 2 is 1.61 bits per heavy atom. The molecule has 1 N–H and O–H groups in total. The van der Waals surface area contributed by atoms with Gasteiger partial charge in [-0.3, -0.25) is 4.79 Å². The van der Waals surface area contributed by atoms with Crippen LogP contribution in [-0.4, -0.2) is 49.8 Å². The number of rotatable bonds is 10. The first kappa shape index (κ1) is 21.1. The molecule has 7 nitrogen and oxygen atoms in total. The summed E-state index contributed by atoms with van der Waals surface area (Å²) in [6, 6.07) is 12.6. The first-order valence-corrected chi connectivity index (χ1v) is 8.81. The minimum absolute atomic E-state index is 0.0287. The molecule has 0 aliphatic heterocycles. The van der Waals surface area contributed by atoms with Crippen molar-refractivity contribution < 1.29 is 28.9 Å². The van der Waals surface area contributed by atoms with E-state index in [9.17, 15) is 9.59 Å². The van der Waals surface area contributed by atoms with E-state index in [1.54, 1.807) is 38.3 Å². The normalized spacial score (nSPS) is 10.2. The number of ether oxygens (including phenoxy) is 3. The molecule has 0 unspecified atom stereocenters. The van der Waals surface area contributed by atoms with Gasteiger partial charge in [0, 0.05) is 20.0 Å². The molecule has 28 heavy (non-hydrogen) atoms. The van der Waals surface area contributed by atoms with Gasteiger partial charge in [-0.25, -0.2) is 4.79 Å². The third-order valence-electron chi connectivity index (χ3n) is 4.21. The SMILES string of the molecule is COc1ccc(CCC(=O)N(C)Cc2ccc(OCC(=O)O)cc2)cc1OC. The van der Waals surface area contributed by atoms with E-state index < -0.39 is 5.97 Å². The number of carbonyl (C=O) groups is 2. The molecule has 0 heterocycles. The van der Waals surface area contributed by atoms with E-state index in [-0.39, 0.29) is 12.5 Å². The lowest BCUT2D eigenvalue weighted by Crippen LogP contribution is -2.26. The number of carboxylic acids is 1. The fourth-order valence-corrected chi connectivity index (χ4v) is 2.68. The molecule has 0 saturated carbocycles. The zero-order valence-electron chi connectivity index (χ0n) is 16.3. The van der Waals surface area contributed by atoms with Gasteiger partial charge >= 0.3 is 5.97 Å². The highest BCUT2D eigenvalue weighted by molar-refractivity contribution is 5.76. The zero-order chi connectivity index (χ0) is 20.5. The number of benzene rings is 2. The Labute approximate surface area is 164 Å². The van der Waals surface area contributed by atoms with Gasteiger partial charge in [0.05, 0.1) is 14.2 Å². The summed E-state index contributed by atoms with van der Waals surface area (Å²) in [6.07, 6.45) is 0.983. The Morgan fingerprint density at radius 1 is 0.964 bits per heavy atom. The van der Waals surface area contributed by atoms with Crippen molar-refractivity contribution in [3.05, 3.63) is 53.6 Å². The fourth-order valence-electron chi connectivity index (χ4n) is 2.68. The van der Waals surface area contributed by atoms with Gasteiger partial charge < -0.3 is 24.2 Å². The predicted octanol–water partition coefficient (Wildman–Crippen LogP) is 2.76. The molecular formula is C21H25NO6. The monoisotopic (exact) mass is 387 g/mol. The highest BCUT2D eigenvalue weighted by atomic mass is 16.5. The van der Waals surface area contributed by atoms with Crippen LogP contribution >= 0.6 is 0 Å². The van der Waals surface area contributed by atoms with Crippen LogP contribution in [0.2, 0.25) is 0 Å². The molecule has 2 aromatic rings.